The predicted octanol–water partition coefficient (Wildman–Crippen LogP) is 3.55. The number of benzene rings is 2. The summed E-state index contributed by atoms with van der Waals surface area (Å²) >= 11 is 0. The molecule has 2 aromatic carbocycles. The minimum Gasteiger partial charge on any atom is -0.496 e. The van der Waals surface area contributed by atoms with Gasteiger partial charge in [-0.15, -0.1) is 0 Å². The van der Waals surface area contributed by atoms with Gasteiger partial charge in [0, 0.05) is 24.8 Å². The van der Waals surface area contributed by atoms with E-state index < -0.39 is 5.97 Å². The molecular weight excluding hydrogens is 372 g/mol. The Balaban J connectivity index is 1.68. The number of nitrogens with zero attached hydrogens (tertiary/aromatic N) is 2. The van der Waals surface area contributed by atoms with Crippen LogP contribution < -0.4 is 14.4 Å². The highest BCUT2D eigenvalue weighted by Crippen LogP contribution is 2.41. The molecule has 2 aromatic rings. The summed E-state index contributed by atoms with van der Waals surface area (Å²) in [7, 11) is 1.56. The molecular formula is C22H24N2O5. The predicted molar refractivity (Wildman–Crippen MR) is 109 cm³/mol. The molecule has 0 spiro atoms. The molecule has 0 aromatic heterocycles. The zero-order chi connectivity index (χ0) is 20.4. The monoisotopic (exact) mass is 396 g/mol. The summed E-state index contributed by atoms with van der Waals surface area (Å²) in [6.45, 7) is 2.61. The first-order valence-corrected chi connectivity index (χ1v) is 9.83. The van der Waals surface area contributed by atoms with Gasteiger partial charge in [-0.3, -0.25) is 4.79 Å². The number of amides is 1. The van der Waals surface area contributed by atoms with E-state index in [2.05, 4.69) is 0 Å². The van der Waals surface area contributed by atoms with Gasteiger partial charge in [-0.25, -0.2) is 4.79 Å². The number of likely N-dealkylation sites (tertiary alicyclic amines) is 1. The third-order valence-corrected chi connectivity index (χ3v) is 5.44. The van der Waals surface area contributed by atoms with Crippen LogP contribution in [0.5, 0.6) is 11.5 Å². The Hall–Kier alpha value is -3.22. The molecule has 7 heteroatoms. The first kappa shape index (κ1) is 19.1. The molecule has 0 bridgehead atoms. The lowest BCUT2D eigenvalue weighted by molar-refractivity contribution is 0.0694. The van der Waals surface area contributed by atoms with Gasteiger partial charge in [-0.2, -0.15) is 0 Å². The van der Waals surface area contributed by atoms with Gasteiger partial charge >= 0.3 is 5.97 Å². The average Bonchev–Trinajstić information content (AvgIpc) is 2.78. The van der Waals surface area contributed by atoms with Gasteiger partial charge in [-0.05, 0) is 49.6 Å². The van der Waals surface area contributed by atoms with E-state index in [0.29, 0.717) is 30.2 Å². The zero-order valence-corrected chi connectivity index (χ0v) is 16.4. The quantitative estimate of drug-likeness (QED) is 0.851. The molecule has 0 aliphatic carbocycles. The van der Waals surface area contributed by atoms with Crippen molar-refractivity contribution in [2.24, 2.45) is 0 Å². The molecule has 7 nitrogen and oxygen atoms in total. The molecule has 2 aliphatic rings. The van der Waals surface area contributed by atoms with Crippen LogP contribution in [0.4, 0.5) is 11.4 Å². The van der Waals surface area contributed by atoms with Gasteiger partial charge < -0.3 is 24.4 Å². The standard InChI is InChI=1S/C22H24N2O5/c1-28-19-14-18-20(13-17(19)21(25)23-9-3-2-4-10-23)29-12-11-24(18)16-7-5-15(6-8-16)22(26)27/h5-8,13-14H,2-4,9-12H2,1H3,(H,26,27). The maximum absolute atomic E-state index is 13.0. The summed E-state index contributed by atoms with van der Waals surface area (Å²) in [5.74, 6) is 0.147. The van der Waals surface area contributed by atoms with Crippen LogP contribution in [0, 0.1) is 0 Å². The number of aromatic carboxylic acids is 1. The number of anilines is 2. The zero-order valence-electron chi connectivity index (χ0n) is 16.4. The van der Waals surface area contributed by atoms with Gasteiger partial charge in [-0.1, -0.05) is 0 Å². The first-order chi connectivity index (χ1) is 14.1. The summed E-state index contributed by atoms with van der Waals surface area (Å²) in [6.07, 6.45) is 3.20. The highest BCUT2D eigenvalue weighted by molar-refractivity contribution is 5.99. The number of methoxy groups -OCH3 is 1. The molecule has 0 saturated carbocycles. The molecule has 1 saturated heterocycles. The molecule has 1 N–H and O–H groups in total. The van der Waals surface area contributed by atoms with Crippen molar-refractivity contribution in [3.63, 3.8) is 0 Å². The number of piperidine rings is 1. The van der Waals surface area contributed by atoms with Crippen LogP contribution in [0.3, 0.4) is 0 Å². The number of carboxylic acids is 1. The Labute approximate surface area is 169 Å². The first-order valence-electron chi connectivity index (χ1n) is 9.83. The van der Waals surface area contributed by atoms with Crippen LogP contribution in [0.25, 0.3) is 0 Å². The van der Waals surface area contributed by atoms with Crippen LogP contribution in [0.1, 0.15) is 40.0 Å². The van der Waals surface area contributed by atoms with Crippen molar-refractivity contribution in [1.29, 1.82) is 0 Å². The molecule has 2 aliphatic heterocycles. The molecule has 29 heavy (non-hydrogen) atoms. The Morgan fingerprint density at radius 2 is 1.76 bits per heavy atom. The van der Waals surface area contributed by atoms with E-state index in [9.17, 15) is 9.59 Å². The van der Waals surface area contributed by atoms with E-state index in [1.165, 1.54) is 0 Å². The van der Waals surface area contributed by atoms with Gasteiger partial charge in [0.15, 0.2) is 0 Å². The number of carbonyl (C=O) groups is 2. The second-order valence-electron chi connectivity index (χ2n) is 7.23. The normalized spacial score (nSPS) is 16.0. The summed E-state index contributed by atoms with van der Waals surface area (Å²) in [5.41, 5.74) is 2.40. The van der Waals surface area contributed by atoms with Crippen molar-refractivity contribution in [2.45, 2.75) is 19.3 Å². The van der Waals surface area contributed by atoms with E-state index in [-0.39, 0.29) is 11.5 Å². The van der Waals surface area contributed by atoms with Gasteiger partial charge in [0.2, 0.25) is 0 Å². The summed E-state index contributed by atoms with van der Waals surface area (Å²) in [6, 6.07) is 10.3. The fourth-order valence-electron chi connectivity index (χ4n) is 3.90. The van der Waals surface area contributed by atoms with Crippen LogP contribution in [-0.2, 0) is 0 Å². The second kappa shape index (κ2) is 8.03. The second-order valence-corrected chi connectivity index (χ2v) is 7.23. The third kappa shape index (κ3) is 3.72. The number of ether oxygens (including phenoxy) is 2. The van der Waals surface area contributed by atoms with Crippen molar-refractivity contribution >= 4 is 23.3 Å². The number of rotatable bonds is 4. The van der Waals surface area contributed by atoms with Crippen LogP contribution in [0.2, 0.25) is 0 Å². The molecule has 1 amide bonds. The highest BCUT2D eigenvalue weighted by Gasteiger charge is 2.27. The van der Waals surface area contributed by atoms with Gasteiger partial charge in [0.25, 0.3) is 5.91 Å². The number of fused-ring (bicyclic) bond motifs is 1. The Bertz CT molecular complexity index is 920. The highest BCUT2D eigenvalue weighted by atomic mass is 16.5. The average molecular weight is 396 g/mol. The Kier molecular flexibility index (Phi) is 5.29. The minimum absolute atomic E-state index is 0.0316. The van der Waals surface area contributed by atoms with Crippen molar-refractivity contribution in [1.82, 2.24) is 4.90 Å². The number of hydrogen-bond donors (Lipinski definition) is 1. The van der Waals surface area contributed by atoms with Gasteiger partial charge in [0.05, 0.1) is 30.5 Å². The lowest BCUT2D eigenvalue weighted by atomic mass is 10.1. The van der Waals surface area contributed by atoms with E-state index in [4.69, 9.17) is 14.6 Å². The molecule has 0 radical (unpaired) electrons. The maximum Gasteiger partial charge on any atom is 0.335 e. The maximum atomic E-state index is 13.0. The molecule has 4 rings (SSSR count). The number of carbonyl (C=O) groups excluding carboxylic acids is 1. The molecule has 0 unspecified atom stereocenters. The molecule has 1 fully saturated rings. The van der Waals surface area contributed by atoms with E-state index in [1.807, 2.05) is 15.9 Å². The van der Waals surface area contributed by atoms with E-state index in [0.717, 1.165) is 43.7 Å². The van der Waals surface area contributed by atoms with Gasteiger partial charge in [0.1, 0.15) is 18.1 Å². The smallest absolute Gasteiger partial charge is 0.335 e. The largest absolute Gasteiger partial charge is 0.496 e. The Morgan fingerprint density at radius 1 is 1.03 bits per heavy atom. The molecule has 0 atom stereocenters. The summed E-state index contributed by atoms with van der Waals surface area (Å²) in [5, 5.41) is 9.12. The van der Waals surface area contributed by atoms with Crippen LogP contribution in [0.15, 0.2) is 36.4 Å². The number of hydrogen-bond acceptors (Lipinski definition) is 5. The lowest BCUT2D eigenvalue weighted by Gasteiger charge is -2.33. The SMILES string of the molecule is COc1cc2c(cc1C(=O)N1CCCCC1)OCCN2c1ccc(C(=O)O)cc1. The molecule has 152 valence electrons. The lowest BCUT2D eigenvalue weighted by Crippen LogP contribution is -2.36. The van der Waals surface area contributed by atoms with E-state index >= 15 is 0 Å². The minimum atomic E-state index is -0.957. The number of carboxylic acid groups (broad SMARTS) is 1. The fourth-order valence-corrected chi connectivity index (χ4v) is 3.90. The fraction of sp³-hybridized carbons (Fsp3) is 0.364. The summed E-state index contributed by atoms with van der Waals surface area (Å²) in [4.78, 5) is 28.1. The topological polar surface area (TPSA) is 79.3 Å². The van der Waals surface area contributed by atoms with Crippen LogP contribution in [-0.4, -0.2) is 55.2 Å². The van der Waals surface area contributed by atoms with Crippen LogP contribution >= 0.6 is 0 Å². The third-order valence-electron chi connectivity index (χ3n) is 5.44. The van der Waals surface area contributed by atoms with Crippen molar-refractivity contribution < 1.29 is 24.2 Å². The molecule has 2 heterocycles. The Morgan fingerprint density at radius 3 is 2.41 bits per heavy atom. The summed E-state index contributed by atoms with van der Waals surface area (Å²) < 4.78 is 11.4. The van der Waals surface area contributed by atoms with Crippen molar-refractivity contribution in [3.8, 4) is 11.5 Å². The van der Waals surface area contributed by atoms with E-state index in [1.54, 1.807) is 37.4 Å². The van der Waals surface area contributed by atoms with Crippen molar-refractivity contribution in [3.05, 3.63) is 47.5 Å². The van der Waals surface area contributed by atoms with Crippen molar-refractivity contribution in [2.75, 3.05) is 38.3 Å².